The van der Waals surface area contributed by atoms with Gasteiger partial charge < -0.3 is 10.2 Å². The average molecular weight is 468 g/mol. The molecular formula is C25H26ClN3O2S. The molecule has 1 aromatic heterocycles. The quantitative estimate of drug-likeness (QED) is 0.539. The molecule has 0 aliphatic carbocycles. The number of carbonyl (C=O) groups is 2. The Kier molecular flexibility index (Phi) is 6.94. The number of hydrogen-bond acceptors (Lipinski definition) is 4. The lowest BCUT2D eigenvalue weighted by Gasteiger charge is -2.33. The highest BCUT2D eigenvalue weighted by Gasteiger charge is 2.21. The Labute approximate surface area is 197 Å². The lowest BCUT2D eigenvalue weighted by atomic mass is 10.1. The minimum absolute atomic E-state index is 0.0264. The van der Waals surface area contributed by atoms with Crippen LogP contribution in [0.2, 0.25) is 5.02 Å². The third-order valence-corrected chi connectivity index (χ3v) is 7.39. The van der Waals surface area contributed by atoms with Crippen LogP contribution in [-0.4, -0.2) is 54.3 Å². The summed E-state index contributed by atoms with van der Waals surface area (Å²) in [6.07, 6.45) is 3.40. The molecule has 0 bridgehead atoms. The summed E-state index contributed by atoms with van der Waals surface area (Å²) in [6.45, 7) is 6.84. The van der Waals surface area contributed by atoms with E-state index >= 15 is 0 Å². The maximum Gasteiger partial charge on any atom is 0.246 e. The van der Waals surface area contributed by atoms with Crippen LogP contribution in [0.3, 0.4) is 0 Å². The molecule has 0 atom stereocenters. The molecule has 2 heterocycles. The molecule has 2 aromatic carbocycles. The van der Waals surface area contributed by atoms with E-state index in [0.29, 0.717) is 37.7 Å². The van der Waals surface area contributed by atoms with E-state index in [1.807, 2.05) is 61.2 Å². The van der Waals surface area contributed by atoms with Crippen molar-refractivity contribution in [3.8, 4) is 0 Å². The summed E-state index contributed by atoms with van der Waals surface area (Å²) in [5.41, 5.74) is 3.00. The van der Waals surface area contributed by atoms with Gasteiger partial charge in [0.25, 0.3) is 0 Å². The molecule has 4 rings (SSSR count). The second-order valence-corrected chi connectivity index (χ2v) is 9.49. The molecule has 1 N–H and O–H groups in total. The zero-order chi connectivity index (χ0) is 22.7. The third kappa shape index (κ3) is 5.04. The first kappa shape index (κ1) is 22.5. The number of fused-ring (bicyclic) bond motifs is 1. The number of nitrogens with one attached hydrogen (secondary N) is 1. The van der Waals surface area contributed by atoms with Crippen molar-refractivity contribution < 1.29 is 9.59 Å². The number of benzene rings is 2. The molecule has 0 saturated carbocycles. The van der Waals surface area contributed by atoms with Crippen molar-refractivity contribution in [2.75, 3.05) is 38.0 Å². The van der Waals surface area contributed by atoms with Crippen LogP contribution in [-0.2, 0) is 9.59 Å². The van der Waals surface area contributed by atoms with Crippen LogP contribution in [0.5, 0.6) is 0 Å². The molecule has 0 radical (unpaired) electrons. The molecule has 1 saturated heterocycles. The van der Waals surface area contributed by atoms with Crippen LogP contribution in [0.4, 0.5) is 5.69 Å². The molecule has 32 heavy (non-hydrogen) atoms. The maximum absolute atomic E-state index is 12.6. The second-order valence-electron chi connectivity index (χ2n) is 8.03. The van der Waals surface area contributed by atoms with E-state index in [1.54, 1.807) is 23.5 Å². The van der Waals surface area contributed by atoms with Gasteiger partial charge in [-0.3, -0.25) is 14.5 Å². The van der Waals surface area contributed by atoms with Crippen molar-refractivity contribution in [3.63, 3.8) is 0 Å². The number of amides is 2. The van der Waals surface area contributed by atoms with Crippen LogP contribution in [0.25, 0.3) is 16.2 Å². The van der Waals surface area contributed by atoms with Crippen molar-refractivity contribution >= 4 is 56.6 Å². The van der Waals surface area contributed by atoms with E-state index in [2.05, 4.69) is 10.2 Å². The monoisotopic (exact) mass is 467 g/mol. The van der Waals surface area contributed by atoms with Crippen LogP contribution in [0, 0.1) is 13.8 Å². The Morgan fingerprint density at radius 3 is 2.41 bits per heavy atom. The van der Waals surface area contributed by atoms with Crippen LogP contribution >= 0.6 is 22.9 Å². The molecule has 1 fully saturated rings. The molecule has 3 aromatic rings. The summed E-state index contributed by atoms with van der Waals surface area (Å²) in [4.78, 5) is 29.9. The highest BCUT2D eigenvalue weighted by atomic mass is 35.5. The number of halogens is 1. The molecule has 7 heteroatoms. The standard InChI is InChI=1S/C25H26ClN3O2S/c1-17-6-5-7-18(2)25(17)27-22(30)16-28-12-14-29(15-13-28)23(31)11-10-21-24(26)19-8-3-4-9-20(19)32-21/h3-11H,12-16H2,1-2H3,(H,27,30)/b11-10+. The van der Waals surface area contributed by atoms with Gasteiger partial charge in [0.05, 0.1) is 11.6 Å². The maximum atomic E-state index is 12.6. The Hall–Kier alpha value is -2.67. The molecule has 0 unspecified atom stereocenters. The van der Waals surface area contributed by atoms with E-state index in [-0.39, 0.29) is 11.8 Å². The highest BCUT2D eigenvalue weighted by Crippen LogP contribution is 2.35. The number of anilines is 1. The summed E-state index contributed by atoms with van der Waals surface area (Å²) in [5.74, 6) is -0.0559. The first-order valence-corrected chi connectivity index (χ1v) is 11.8. The summed E-state index contributed by atoms with van der Waals surface area (Å²) in [6, 6.07) is 13.9. The number of aryl methyl sites for hydroxylation is 2. The van der Waals surface area contributed by atoms with Crippen LogP contribution in [0.1, 0.15) is 16.0 Å². The van der Waals surface area contributed by atoms with Crippen molar-refractivity contribution in [3.05, 3.63) is 69.6 Å². The fourth-order valence-electron chi connectivity index (χ4n) is 3.91. The van der Waals surface area contributed by atoms with Gasteiger partial charge in [0.2, 0.25) is 11.8 Å². The number of nitrogens with zero attached hydrogens (tertiary/aromatic N) is 2. The molecule has 166 valence electrons. The number of para-hydroxylation sites is 1. The number of hydrogen-bond donors (Lipinski definition) is 1. The largest absolute Gasteiger partial charge is 0.337 e. The van der Waals surface area contributed by atoms with Crippen molar-refractivity contribution in [1.29, 1.82) is 0 Å². The Bertz CT molecular complexity index is 1160. The lowest BCUT2D eigenvalue weighted by Crippen LogP contribution is -2.50. The van der Waals surface area contributed by atoms with Gasteiger partial charge in [-0.1, -0.05) is 48.0 Å². The van der Waals surface area contributed by atoms with Crippen LogP contribution in [0.15, 0.2) is 48.5 Å². The van der Waals surface area contributed by atoms with E-state index in [4.69, 9.17) is 11.6 Å². The normalized spacial score (nSPS) is 14.9. The van der Waals surface area contributed by atoms with E-state index in [0.717, 1.165) is 31.8 Å². The SMILES string of the molecule is Cc1cccc(C)c1NC(=O)CN1CCN(C(=O)/C=C/c2sc3ccccc3c2Cl)CC1. The molecule has 2 amide bonds. The van der Waals surface area contributed by atoms with E-state index in [9.17, 15) is 9.59 Å². The number of piperazine rings is 1. The smallest absolute Gasteiger partial charge is 0.246 e. The van der Waals surface area contributed by atoms with Gasteiger partial charge in [0.1, 0.15) is 0 Å². The fourth-order valence-corrected chi connectivity index (χ4v) is 5.31. The lowest BCUT2D eigenvalue weighted by molar-refractivity contribution is -0.127. The molecular weight excluding hydrogens is 442 g/mol. The van der Waals surface area contributed by atoms with E-state index < -0.39 is 0 Å². The first-order valence-electron chi connectivity index (χ1n) is 10.6. The van der Waals surface area contributed by atoms with Gasteiger partial charge in [-0.05, 0) is 37.1 Å². The number of thiophene rings is 1. The average Bonchev–Trinajstić information content (AvgIpc) is 3.11. The van der Waals surface area contributed by atoms with Gasteiger partial charge in [0.15, 0.2) is 0 Å². The third-order valence-electron chi connectivity index (χ3n) is 5.73. The zero-order valence-electron chi connectivity index (χ0n) is 18.2. The number of rotatable bonds is 5. The molecule has 5 nitrogen and oxygen atoms in total. The van der Waals surface area contributed by atoms with Gasteiger partial charge in [0, 0.05) is 52.9 Å². The van der Waals surface area contributed by atoms with Gasteiger partial charge in [-0.2, -0.15) is 0 Å². The topological polar surface area (TPSA) is 52.7 Å². The van der Waals surface area contributed by atoms with Gasteiger partial charge in [-0.15, -0.1) is 11.3 Å². The Morgan fingerprint density at radius 1 is 1.03 bits per heavy atom. The predicted molar refractivity (Wildman–Crippen MR) is 133 cm³/mol. The minimum atomic E-state index is -0.0295. The second kappa shape index (κ2) is 9.86. The first-order chi connectivity index (χ1) is 15.4. The van der Waals surface area contributed by atoms with Gasteiger partial charge >= 0.3 is 0 Å². The highest BCUT2D eigenvalue weighted by molar-refractivity contribution is 7.20. The van der Waals surface area contributed by atoms with Crippen molar-refractivity contribution in [1.82, 2.24) is 9.80 Å². The summed E-state index contributed by atoms with van der Waals surface area (Å²) in [7, 11) is 0. The number of carbonyl (C=O) groups excluding carboxylic acids is 2. The fraction of sp³-hybridized carbons (Fsp3) is 0.280. The summed E-state index contributed by atoms with van der Waals surface area (Å²) in [5, 5.41) is 4.73. The van der Waals surface area contributed by atoms with E-state index in [1.165, 1.54) is 0 Å². The molecule has 1 aliphatic rings. The molecule has 1 aliphatic heterocycles. The van der Waals surface area contributed by atoms with Crippen LogP contribution < -0.4 is 5.32 Å². The minimum Gasteiger partial charge on any atom is -0.337 e. The summed E-state index contributed by atoms with van der Waals surface area (Å²) < 4.78 is 1.11. The Balaban J connectivity index is 1.29. The van der Waals surface area contributed by atoms with Crippen molar-refractivity contribution in [2.24, 2.45) is 0 Å². The molecule has 0 spiro atoms. The summed E-state index contributed by atoms with van der Waals surface area (Å²) >= 11 is 8.04. The van der Waals surface area contributed by atoms with Gasteiger partial charge in [-0.25, -0.2) is 0 Å². The van der Waals surface area contributed by atoms with Crippen molar-refractivity contribution in [2.45, 2.75) is 13.8 Å². The zero-order valence-corrected chi connectivity index (χ0v) is 19.8. The Morgan fingerprint density at radius 2 is 1.72 bits per heavy atom. The predicted octanol–water partition coefficient (Wildman–Crippen LogP) is 4.97.